The van der Waals surface area contributed by atoms with Crippen molar-refractivity contribution in [3.63, 3.8) is 0 Å². The minimum atomic E-state index is 1.12. The molecule has 9 aromatic carbocycles. The highest BCUT2D eigenvalue weighted by atomic mass is 32.1. The molecule has 0 aliphatic rings. The lowest BCUT2D eigenvalue weighted by Gasteiger charge is -2.26. The normalized spacial score (nSPS) is 11.9. The highest BCUT2D eigenvalue weighted by Crippen LogP contribution is 2.44. The van der Waals surface area contributed by atoms with Crippen molar-refractivity contribution in [1.82, 2.24) is 4.98 Å². The van der Waals surface area contributed by atoms with Crippen molar-refractivity contribution in [2.24, 2.45) is 0 Å². The number of aromatic nitrogens is 1. The smallest absolute Gasteiger partial charge is 0.0476 e. The maximum Gasteiger partial charge on any atom is 0.0476 e. The van der Waals surface area contributed by atoms with Crippen molar-refractivity contribution in [3.8, 4) is 22.3 Å². The summed E-state index contributed by atoms with van der Waals surface area (Å²) < 4.78 is 5.22. The molecule has 0 bridgehead atoms. The number of anilines is 3. The Hall–Kier alpha value is -6.85. The molecule has 12 aromatic rings. The van der Waals surface area contributed by atoms with Crippen molar-refractivity contribution < 1.29 is 0 Å². The molecule has 0 radical (unpaired) electrons. The van der Waals surface area contributed by atoms with E-state index in [-0.39, 0.29) is 0 Å². The van der Waals surface area contributed by atoms with Crippen LogP contribution >= 0.6 is 22.7 Å². The molecule has 3 aromatic heterocycles. The molecule has 0 unspecified atom stereocenters. The van der Waals surface area contributed by atoms with Crippen LogP contribution in [0.2, 0.25) is 0 Å². The largest absolute Gasteiger partial charge is 0.310 e. The van der Waals surface area contributed by atoms with Crippen LogP contribution in [0.4, 0.5) is 17.1 Å². The van der Waals surface area contributed by atoms with E-state index in [1.54, 1.807) is 0 Å². The predicted octanol–water partition coefficient (Wildman–Crippen LogP) is 16.1. The van der Waals surface area contributed by atoms with Crippen molar-refractivity contribution in [2.45, 2.75) is 0 Å². The van der Waals surface area contributed by atoms with E-state index in [1.165, 1.54) is 89.5 Å². The quantitative estimate of drug-likeness (QED) is 0.174. The molecule has 12 rings (SSSR count). The number of hydrogen-bond donors (Lipinski definition) is 0. The van der Waals surface area contributed by atoms with Crippen LogP contribution in [0.25, 0.3) is 94.9 Å². The molecule has 57 heavy (non-hydrogen) atoms. The molecular formula is C53H32N2S2. The van der Waals surface area contributed by atoms with Gasteiger partial charge in [0.2, 0.25) is 0 Å². The van der Waals surface area contributed by atoms with Gasteiger partial charge in [-0.2, -0.15) is 0 Å². The minimum absolute atomic E-state index is 1.12. The van der Waals surface area contributed by atoms with E-state index in [4.69, 9.17) is 0 Å². The molecule has 266 valence electrons. The van der Waals surface area contributed by atoms with Crippen LogP contribution < -0.4 is 4.90 Å². The average Bonchev–Trinajstić information content (AvgIpc) is 3.81. The summed E-state index contributed by atoms with van der Waals surface area (Å²) in [5, 5.41) is 12.7. The van der Waals surface area contributed by atoms with Gasteiger partial charge < -0.3 is 4.90 Å². The number of fused-ring (bicyclic) bond motifs is 9. The summed E-state index contributed by atoms with van der Waals surface area (Å²) in [6.07, 6.45) is 3.77. The molecule has 0 saturated carbocycles. The van der Waals surface area contributed by atoms with Gasteiger partial charge in [0.05, 0.1) is 0 Å². The fourth-order valence-corrected chi connectivity index (χ4v) is 10.9. The van der Waals surface area contributed by atoms with Crippen molar-refractivity contribution in [2.75, 3.05) is 4.90 Å². The lowest BCUT2D eigenvalue weighted by atomic mass is 9.98. The first kappa shape index (κ1) is 32.4. The maximum atomic E-state index is 4.27. The van der Waals surface area contributed by atoms with Crippen molar-refractivity contribution in [3.05, 3.63) is 194 Å². The molecule has 4 heteroatoms. The zero-order valence-corrected chi connectivity index (χ0v) is 32.3. The molecule has 0 saturated heterocycles. The van der Waals surface area contributed by atoms with E-state index in [0.29, 0.717) is 0 Å². The third kappa shape index (κ3) is 5.48. The molecular weight excluding hydrogens is 729 g/mol. The van der Waals surface area contributed by atoms with Gasteiger partial charge in [0.1, 0.15) is 0 Å². The lowest BCUT2D eigenvalue weighted by Crippen LogP contribution is -2.09. The number of thiophene rings is 2. The third-order valence-corrected chi connectivity index (χ3v) is 13.7. The van der Waals surface area contributed by atoms with Crippen LogP contribution in [0.5, 0.6) is 0 Å². The number of pyridine rings is 1. The van der Waals surface area contributed by atoms with Gasteiger partial charge in [0.25, 0.3) is 0 Å². The summed E-state index contributed by atoms with van der Waals surface area (Å²) in [6, 6.07) is 67.3. The van der Waals surface area contributed by atoms with Crippen molar-refractivity contribution in [1.29, 1.82) is 0 Å². The van der Waals surface area contributed by atoms with Gasteiger partial charge in [0.15, 0.2) is 0 Å². The SMILES string of the molecule is c1ccc2cc3c(cc2c1)sc1cc(N(c2ccc(-c4ccc(-c5ccc6cnccc6c5)cc4)cc2)c2ccc4c(c2)sc2cc5ccccc5cc24)ccc13. The van der Waals surface area contributed by atoms with E-state index >= 15 is 0 Å². The topological polar surface area (TPSA) is 16.1 Å². The van der Waals surface area contributed by atoms with Crippen LogP contribution in [0.3, 0.4) is 0 Å². The summed E-state index contributed by atoms with van der Waals surface area (Å²) in [5.41, 5.74) is 8.21. The van der Waals surface area contributed by atoms with Gasteiger partial charge in [-0.25, -0.2) is 0 Å². The van der Waals surface area contributed by atoms with E-state index < -0.39 is 0 Å². The Labute approximate surface area is 337 Å². The molecule has 0 amide bonds. The van der Waals surface area contributed by atoms with E-state index in [9.17, 15) is 0 Å². The summed E-state index contributed by atoms with van der Waals surface area (Å²) >= 11 is 3.75. The molecule has 0 fully saturated rings. The molecule has 0 spiro atoms. The summed E-state index contributed by atoms with van der Waals surface area (Å²) in [6.45, 7) is 0. The van der Waals surface area contributed by atoms with E-state index in [2.05, 4.69) is 192 Å². The molecule has 0 aliphatic heterocycles. The molecule has 0 N–H and O–H groups in total. The minimum Gasteiger partial charge on any atom is -0.310 e. The van der Waals surface area contributed by atoms with Gasteiger partial charge in [-0.15, -0.1) is 22.7 Å². The predicted molar refractivity (Wildman–Crippen MR) is 248 cm³/mol. The number of rotatable bonds is 5. The highest BCUT2D eigenvalue weighted by Gasteiger charge is 2.18. The summed E-state index contributed by atoms with van der Waals surface area (Å²) in [4.78, 5) is 6.69. The van der Waals surface area contributed by atoms with Crippen LogP contribution in [0.15, 0.2) is 194 Å². The Balaban J connectivity index is 0.957. The van der Waals surface area contributed by atoms with Crippen LogP contribution in [0.1, 0.15) is 0 Å². The Bertz CT molecular complexity index is 3370. The molecule has 0 aliphatic carbocycles. The second-order valence-corrected chi connectivity index (χ2v) is 17.0. The lowest BCUT2D eigenvalue weighted by molar-refractivity contribution is 1.30. The Morgan fingerprint density at radius 1 is 0.316 bits per heavy atom. The fraction of sp³-hybridized carbons (Fsp3) is 0. The second-order valence-electron chi connectivity index (χ2n) is 14.9. The molecule has 3 heterocycles. The Morgan fingerprint density at radius 3 is 1.32 bits per heavy atom. The third-order valence-electron chi connectivity index (χ3n) is 11.5. The second kappa shape index (κ2) is 12.9. The van der Waals surface area contributed by atoms with Crippen LogP contribution in [-0.2, 0) is 0 Å². The zero-order chi connectivity index (χ0) is 37.5. The first-order valence-corrected chi connectivity index (χ1v) is 20.9. The first-order chi connectivity index (χ1) is 28.2. The van der Waals surface area contributed by atoms with Crippen LogP contribution in [-0.4, -0.2) is 4.98 Å². The monoisotopic (exact) mass is 760 g/mol. The van der Waals surface area contributed by atoms with Crippen LogP contribution in [0, 0.1) is 0 Å². The number of benzene rings is 9. The first-order valence-electron chi connectivity index (χ1n) is 19.2. The van der Waals surface area contributed by atoms with Gasteiger partial charge >= 0.3 is 0 Å². The summed E-state index contributed by atoms with van der Waals surface area (Å²) in [7, 11) is 0. The zero-order valence-electron chi connectivity index (χ0n) is 30.7. The number of hydrogen-bond acceptors (Lipinski definition) is 4. The number of nitrogens with zero attached hydrogens (tertiary/aromatic N) is 2. The van der Waals surface area contributed by atoms with Gasteiger partial charge in [-0.3, -0.25) is 4.98 Å². The van der Waals surface area contributed by atoms with Gasteiger partial charge in [-0.1, -0.05) is 109 Å². The molecule has 2 nitrogen and oxygen atoms in total. The molecule has 0 atom stereocenters. The Morgan fingerprint density at radius 2 is 0.754 bits per heavy atom. The highest BCUT2D eigenvalue weighted by molar-refractivity contribution is 7.26. The van der Waals surface area contributed by atoms with E-state index in [1.807, 2.05) is 35.1 Å². The average molecular weight is 761 g/mol. The van der Waals surface area contributed by atoms with E-state index in [0.717, 1.165) is 22.4 Å². The standard InChI is InChI=1S/C53H32N2S2/c1-3-7-38-28-50-48(26-36(38)5-1)46-21-19-44(30-52(46)56-50)55(45-20-22-47-49-27-37-6-2-4-8-39(37)29-51(49)57-53(47)31-45)43-17-15-34(16-18-43)33-9-11-35(12-10-33)40-13-14-42-32-54-24-23-41(42)25-40/h1-32H. The fourth-order valence-electron chi connectivity index (χ4n) is 8.55. The Kier molecular flexibility index (Phi) is 7.31. The van der Waals surface area contributed by atoms with Gasteiger partial charge in [-0.05, 0) is 122 Å². The maximum absolute atomic E-state index is 4.27. The van der Waals surface area contributed by atoms with Crippen molar-refractivity contribution >= 4 is 112 Å². The van der Waals surface area contributed by atoms with Gasteiger partial charge in [0, 0.05) is 75.2 Å². The summed E-state index contributed by atoms with van der Waals surface area (Å²) in [5.74, 6) is 0.